The van der Waals surface area contributed by atoms with Crippen molar-refractivity contribution in [3.63, 3.8) is 0 Å². The standard InChI is InChI=1S/C17H22N2S2.ClH/c1-17(6-7-18-11-17)12-19-8-4-14-13(5-10-21-14)16(19)15-3-2-9-20-15;/h2-3,5,9-10,16,18H,4,6-8,11-12H2,1H3;1H. The molecule has 2 aromatic heterocycles. The molecule has 1 saturated heterocycles. The van der Waals surface area contributed by atoms with Crippen molar-refractivity contribution in [2.75, 3.05) is 26.2 Å². The molecule has 22 heavy (non-hydrogen) atoms. The average molecular weight is 355 g/mol. The Balaban J connectivity index is 0.00000144. The molecule has 2 atom stereocenters. The minimum atomic E-state index is 0. The maximum atomic E-state index is 3.54. The fourth-order valence-corrected chi connectivity index (χ4v) is 5.59. The molecular formula is C17H23ClN2S2. The van der Waals surface area contributed by atoms with Gasteiger partial charge in [0.15, 0.2) is 0 Å². The van der Waals surface area contributed by atoms with Gasteiger partial charge in [0.05, 0.1) is 6.04 Å². The monoisotopic (exact) mass is 354 g/mol. The number of hydrogen-bond acceptors (Lipinski definition) is 4. The summed E-state index contributed by atoms with van der Waals surface area (Å²) in [6.07, 6.45) is 2.52. The SMILES string of the molecule is CC1(CN2CCc3sccc3C2c2cccs2)CCNC1.Cl. The minimum absolute atomic E-state index is 0. The Morgan fingerprint density at radius 3 is 2.95 bits per heavy atom. The van der Waals surface area contributed by atoms with E-state index >= 15 is 0 Å². The Bertz CT molecular complexity index is 602. The molecule has 0 amide bonds. The zero-order valence-corrected chi connectivity index (χ0v) is 15.3. The fourth-order valence-electron chi connectivity index (χ4n) is 3.81. The first-order chi connectivity index (χ1) is 10.3. The van der Waals surface area contributed by atoms with E-state index in [1.165, 1.54) is 37.4 Å². The molecular weight excluding hydrogens is 332 g/mol. The number of rotatable bonds is 3. The number of halogens is 1. The van der Waals surface area contributed by atoms with Crippen molar-refractivity contribution >= 4 is 35.1 Å². The summed E-state index contributed by atoms with van der Waals surface area (Å²) in [7, 11) is 0. The molecule has 0 saturated carbocycles. The van der Waals surface area contributed by atoms with Gasteiger partial charge in [0.2, 0.25) is 0 Å². The van der Waals surface area contributed by atoms with Crippen LogP contribution >= 0.6 is 35.1 Å². The highest BCUT2D eigenvalue weighted by Crippen LogP contribution is 2.41. The predicted octanol–water partition coefficient (Wildman–Crippen LogP) is 4.18. The van der Waals surface area contributed by atoms with Crippen LogP contribution in [-0.2, 0) is 6.42 Å². The van der Waals surface area contributed by atoms with E-state index in [1.807, 2.05) is 22.7 Å². The molecule has 0 bridgehead atoms. The lowest BCUT2D eigenvalue weighted by molar-refractivity contribution is 0.141. The van der Waals surface area contributed by atoms with Gasteiger partial charge in [-0.3, -0.25) is 4.90 Å². The summed E-state index contributed by atoms with van der Waals surface area (Å²) in [6, 6.07) is 7.34. The van der Waals surface area contributed by atoms with Gasteiger partial charge in [0.1, 0.15) is 0 Å². The maximum absolute atomic E-state index is 3.54. The molecule has 4 rings (SSSR count). The van der Waals surface area contributed by atoms with E-state index in [4.69, 9.17) is 0 Å². The molecule has 2 unspecified atom stereocenters. The van der Waals surface area contributed by atoms with Crippen LogP contribution in [0.2, 0.25) is 0 Å². The number of nitrogens with one attached hydrogen (secondary N) is 1. The third-order valence-electron chi connectivity index (χ3n) is 4.92. The third-order valence-corrected chi connectivity index (χ3v) is 6.84. The molecule has 2 aliphatic heterocycles. The summed E-state index contributed by atoms with van der Waals surface area (Å²) >= 11 is 3.84. The van der Waals surface area contributed by atoms with E-state index in [0.717, 1.165) is 6.54 Å². The van der Waals surface area contributed by atoms with Gasteiger partial charge >= 0.3 is 0 Å². The van der Waals surface area contributed by atoms with Gasteiger partial charge in [-0.25, -0.2) is 0 Å². The minimum Gasteiger partial charge on any atom is -0.316 e. The summed E-state index contributed by atoms with van der Waals surface area (Å²) in [4.78, 5) is 5.83. The molecule has 0 radical (unpaired) electrons. The molecule has 0 spiro atoms. The third kappa shape index (κ3) is 3.00. The van der Waals surface area contributed by atoms with E-state index in [2.05, 4.69) is 46.1 Å². The molecule has 4 heterocycles. The summed E-state index contributed by atoms with van der Waals surface area (Å²) in [5.74, 6) is 0. The van der Waals surface area contributed by atoms with Crippen LogP contribution in [0, 0.1) is 5.41 Å². The second-order valence-corrected chi connectivity index (χ2v) is 8.65. The Morgan fingerprint density at radius 2 is 2.23 bits per heavy atom. The molecule has 2 nitrogen and oxygen atoms in total. The van der Waals surface area contributed by atoms with Gasteiger partial charge in [-0.1, -0.05) is 13.0 Å². The number of fused-ring (bicyclic) bond motifs is 1. The topological polar surface area (TPSA) is 15.3 Å². The van der Waals surface area contributed by atoms with Crippen LogP contribution in [0.1, 0.15) is 34.7 Å². The van der Waals surface area contributed by atoms with Crippen LogP contribution in [0.5, 0.6) is 0 Å². The first-order valence-corrected chi connectivity index (χ1v) is 9.56. The summed E-state index contributed by atoms with van der Waals surface area (Å²) in [5, 5.41) is 8.03. The summed E-state index contributed by atoms with van der Waals surface area (Å²) in [5.41, 5.74) is 1.99. The molecule has 2 aliphatic rings. The second kappa shape index (κ2) is 6.62. The largest absolute Gasteiger partial charge is 0.316 e. The van der Waals surface area contributed by atoms with Crippen LogP contribution < -0.4 is 5.32 Å². The zero-order valence-electron chi connectivity index (χ0n) is 12.9. The highest BCUT2D eigenvalue weighted by atomic mass is 35.5. The van der Waals surface area contributed by atoms with Gasteiger partial charge in [-0.2, -0.15) is 0 Å². The van der Waals surface area contributed by atoms with Crippen molar-refractivity contribution in [2.24, 2.45) is 5.41 Å². The van der Waals surface area contributed by atoms with E-state index in [-0.39, 0.29) is 12.4 Å². The van der Waals surface area contributed by atoms with Crippen molar-refractivity contribution in [3.8, 4) is 0 Å². The first kappa shape index (κ1) is 16.5. The quantitative estimate of drug-likeness (QED) is 0.889. The number of hydrogen-bond donors (Lipinski definition) is 1. The van der Waals surface area contributed by atoms with E-state index in [1.54, 1.807) is 10.4 Å². The van der Waals surface area contributed by atoms with Crippen LogP contribution in [0.4, 0.5) is 0 Å². The van der Waals surface area contributed by atoms with Crippen LogP contribution in [0.25, 0.3) is 0 Å². The second-order valence-electron chi connectivity index (χ2n) is 6.67. The Labute approximate surface area is 147 Å². The smallest absolute Gasteiger partial charge is 0.0707 e. The van der Waals surface area contributed by atoms with E-state index in [0.29, 0.717) is 11.5 Å². The summed E-state index contributed by atoms with van der Waals surface area (Å²) < 4.78 is 0. The highest BCUT2D eigenvalue weighted by molar-refractivity contribution is 7.10. The van der Waals surface area contributed by atoms with Gasteiger partial charge in [0, 0.05) is 29.4 Å². The van der Waals surface area contributed by atoms with Crippen molar-refractivity contribution in [1.82, 2.24) is 10.2 Å². The van der Waals surface area contributed by atoms with Crippen molar-refractivity contribution in [3.05, 3.63) is 44.3 Å². The number of nitrogens with zero attached hydrogens (tertiary/aromatic N) is 1. The van der Waals surface area contributed by atoms with Crippen molar-refractivity contribution in [1.29, 1.82) is 0 Å². The Kier molecular flexibility index (Phi) is 4.95. The van der Waals surface area contributed by atoms with Crippen LogP contribution in [0.3, 0.4) is 0 Å². The molecule has 5 heteroatoms. The normalized spacial score (nSPS) is 28.3. The molecule has 1 N–H and O–H groups in total. The van der Waals surface area contributed by atoms with Crippen LogP contribution in [-0.4, -0.2) is 31.1 Å². The van der Waals surface area contributed by atoms with Crippen molar-refractivity contribution < 1.29 is 0 Å². The van der Waals surface area contributed by atoms with Gasteiger partial charge in [-0.15, -0.1) is 35.1 Å². The van der Waals surface area contributed by atoms with Gasteiger partial charge in [0.25, 0.3) is 0 Å². The molecule has 2 aromatic rings. The summed E-state index contributed by atoms with van der Waals surface area (Å²) in [6.45, 7) is 7.19. The van der Waals surface area contributed by atoms with E-state index in [9.17, 15) is 0 Å². The van der Waals surface area contributed by atoms with Crippen molar-refractivity contribution in [2.45, 2.75) is 25.8 Å². The van der Waals surface area contributed by atoms with Gasteiger partial charge < -0.3 is 5.32 Å². The Hall–Kier alpha value is -0.390. The zero-order chi connectivity index (χ0) is 14.3. The lowest BCUT2D eigenvalue weighted by Gasteiger charge is -2.40. The average Bonchev–Trinajstić information content (AvgIpc) is 3.19. The lowest BCUT2D eigenvalue weighted by Crippen LogP contribution is -2.42. The molecule has 0 aliphatic carbocycles. The molecule has 0 aromatic carbocycles. The maximum Gasteiger partial charge on any atom is 0.0707 e. The molecule has 1 fully saturated rings. The highest BCUT2D eigenvalue weighted by Gasteiger charge is 2.36. The number of thiophene rings is 2. The van der Waals surface area contributed by atoms with E-state index < -0.39 is 0 Å². The fraction of sp³-hybridized carbons (Fsp3) is 0.529. The van der Waals surface area contributed by atoms with Crippen LogP contribution in [0.15, 0.2) is 29.0 Å². The Morgan fingerprint density at radius 1 is 1.32 bits per heavy atom. The van der Waals surface area contributed by atoms with Gasteiger partial charge in [-0.05, 0) is 53.3 Å². The predicted molar refractivity (Wildman–Crippen MR) is 98.6 cm³/mol. The first-order valence-electron chi connectivity index (χ1n) is 7.80. The molecule has 120 valence electrons. The lowest BCUT2D eigenvalue weighted by atomic mass is 9.87.